The van der Waals surface area contributed by atoms with Crippen LogP contribution in [0, 0.1) is 0 Å². The Bertz CT molecular complexity index is 829. The molecule has 1 amide bonds. The largest absolute Gasteiger partial charge is 0.493 e. The molecule has 1 aromatic carbocycles. The van der Waals surface area contributed by atoms with Gasteiger partial charge in [0.2, 0.25) is 5.75 Å². The molecule has 7 heteroatoms. The van der Waals surface area contributed by atoms with Crippen LogP contribution in [0.1, 0.15) is 15.9 Å². The number of benzene rings is 1. The van der Waals surface area contributed by atoms with E-state index in [1.807, 2.05) is 6.07 Å². The monoisotopic (exact) mass is 346 g/mol. The van der Waals surface area contributed by atoms with E-state index in [4.69, 9.17) is 14.2 Å². The van der Waals surface area contributed by atoms with Gasteiger partial charge in [0.25, 0.3) is 11.5 Å². The predicted octanol–water partition coefficient (Wildman–Crippen LogP) is 1.68. The molecule has 2 aromatic rings. The van der Waals surface area contributed by atoms with E-state index in [2.05, 4.69) is 0 Å². The predicted molar refractivity (Wildman–Crippen MR) is 93.6 cm³/mol. The van der Waals surface area contributed by atoms with E-state index < -0.39 is 0 Å². The second kappa shape index (κ2) is 7.74. The molecule has 0 N–H and O–H groups in total. The minimum Gasteiger partial charge on any atom is -0.493 e. The molecule has 0 radical (unpaired) electrons. The Hall–Kier alpha value is -2.96. The standard InChI is InChI=1S/C18H22N2O5/c1-19-9-8-12(10-15(19)21)18(22)20(2)11-13-6-7-14(23-3)17(25-5)16(13)24-4/h6-10H,11H2,1-5H3. The number of carbonyl (C=O) groups excluding carboxylic acids is 1. The summed E-state index contributed by atoms with van der Waals surface area (Å²) >= 11 is 0. The molecular weight excluding hydrogens is 324 g/mol. The Labute approximate surface area is 146 Å². The second-order valence-corrected chi connectivity index (χ2v) is 5.52. The van der Waals surface area contributed by atoms with E-state index in [0.717, 1.165) is 5.56 Å². The molecule has 0 spiro atoms. The van der Waals surface area contributed by atoms with Gasteiger partial charge in [0.05, 0.1) is 21.3 Å². The third-order valence-electron chi connectivity index (χ3n) is 3.89. The van der Waals surface area contributed by atoms with Crippen LogP contribution in [0.2, 0.25) is 0 Å². The highest BCUT2D eigenvalue weighted by Crippen LogP contribution is 2.40. The van der Waals surface area contributed by atoms with Crippen molar-refractivity contribution in [3.63, 3.8) is 0 Å². The summed E-state index contributed by atoms with van der Waals surface area (Å²) in [5.41, 5.74) is 0.868. The smallest absolute Gasteiger partial charge is 0.254 e. The lowest BCUT2D eigenvalue weighted by atomic mass is 10.1. The van der Waals surface area contributed by atoms with Crippen molar-refractivity contribution in [2.45, 2.75) is 6.54 Å². The molecule has 0 atom stereocenters. The van der Waals surface area contributed by atoms with Crippen molar-refractivity contribution in [3.05, 3.63) is 51.9 Å². The molecule has 0 unspecified atom stereocenters. The van der Waals surface area contributed by atoms with Gasteiger partial charge in [-0.15, -0.1) is 0 Å². The number of amides is 1. The highest BCUT2D eigenvalue weighted by atomic mass is 16.5. The van der Waals surface area contributed by atoms with Crippen LogP contribution in [0.25, 0.3) is 0 Å². The summed E-state index contributed by atoms with van der Waals surface area (Å²) in [7, 11) is 7.90. The molecule has 2 rings (SSSR count). The first-order valence-corrected chi connectivity index (χ1v) is 7.63. The number of carbonyl (C=O) groups is 1. The fourth-order valence-electron chi connectivity index (χ4n) is 2.52. The van der Waals surface area contributed by atoms with E-state index in [1.54, 1.807) is 39.5 Å². The van der Waals surface area contributed by atoms with Gasteiger partial charge >= 0.3 is 0 Å². The van der Waals surface area contributed by atoms with Crippen LogP contribution in [0.4, 0.5) is 0 Å². The SMILES string of the molecule is COc1ccc(CN(C)C(=O)c2ccn(C)c(=O)c2)c(OC)c1OC. The van der Waals surface area contributed by atoms with Crippen molar-refractivity contribution in [1.29, 1.82) is 0 Å². The third kappa shape index (κ3) is 3.76. The van der Waals surface area contributed by atoms with Crippen LogP contribution in [0.5, 0.6) is 17.2 Å². The first-order valence-electron chi connectivity index (χ1n) is 7.63. The average Bonchev–Trinajstić information content (AvgIpc) is 2.62. The molecule has 0 fully saturated rings. The van der Waals surface area contributed by atoms with Crippen molar-refractivity contribution in [1.82, 2.24) is 9.47 Å². The van der Waals surface area contributed by atoms with Crippen LogP contribution < -0.4 is 19.8 Å². The second-order valence-electron chi connectivity index (χ2n) is 5.52. The van der Waals surface area contributed by atoms with E-state index in [9.17, 15) is 9.59 Å². The molecule has 0 aliphatic carbocycles. The summed E-state index contributed by atoms with van der Waals surface area (Å²) < 4.78 is 17.5. The molecule has 0 saturated heterocycles. The van der Waals surface area contributed by atoms with Gasteiger partial charge < -0.3 is 23.7 Å². The summed E-state index contributed by atoms with van der Waals surface area (Å²) in [6.07, 6.45) is 1.57. The van der Waals surface area contributed by atoms with E-state index in [1.165, 1.54) is 29.8 Å². The van der Waals surface area contributed by atoms with Crippen LogP contribution in [-0.2, 0) is 13.6 Å². The zero-order valence-electron chi connectivity index (χ0n) is 15.0. The van der Waals surface area contributed by atoms with E-state index in [-0.39, 0.29) is 18.0 Å². The first-order chi connectivity index (χ1) is 11.9. The maximum Gasteiger partial charge on any atom is 0.254 e. The van der Waals surface area contributed by atoms with E-state index in [0.29, 0.717) is 22.8 Å². The quantitative estimate of drug-likeness (QED) is 0.796. The van der Waals surface area contributed by atoms with Gasteiger partial charge in [-0.3, -0.25) is 9.59 Å². The van der Waals surface area contributed by atoms with Gasteiger partial charge in [0, 0.05) is 44.0 Å². The van der Waals surface area contributed by atoms with Gasteiger partial charge in [-0.05, 0) is 18.2 Å². The van der Waals surface area contributed by atoms with Gasteiger partial charge in [0.1, 0.15) is 0 Å². The summed E-state index contributed by atoms with van der Waals surface area (Å²) in [6.45, 7) is 0.289. The number of methoxy groups -OCH3 is 3. The van der Waals surface area contributed by atoms with Gasteiger partial charge in [-0.1, -0.05) is 0 Å². The number of ether oxygens (including phenoxy) is 3. The van der Waals surface area contributed by atoms with Crippen molar-refractivity contribution >= 4 is 5.91 Å². The van der Waals surface area contributed by atoms with Crippen molar-refractivity contribution in [2.24, 2.45) is 7.05 Å². The number of hydrogen-bond donors (Lipinski definition) is 0. The Morgan fingerprint density at radius 1 is 1.08 bits per heavy atom. The topological polar surface area (TPSA) is 70.0 Å². The lowest BCUT2D eigenvalue weighted by Gasteiger charge is -2.21. The summed E-state index contributed by atoms with van der Waals surface area (Å²) in [6, 6.07) is 6.51. The maximum absolute atomic E-state index is 12.6. The molecule has 0 saturated carbocycles. The highest BCUT2D eigenvalue weighted by Gasteiger charge is 2.19. The minimum atomic E-state index is -0.255. The van der Waals surface area contributed by atoms with Crippen LogP contribution in [0.15, 0.2) is 35.3 Å². The maximum atomic E-state index is 12.6. The molecule has 25 heavy (non-hydrogen) atoms. The summed E-state index contributed by atoms with van der Waals surface area (Å²) in [5.74, 6) is 1.26. The molecular formula is C18H22N2O5. The number of aromatic nitrogens is 1. The molecule has 1 aromatic heterocycles. The molecule has 0 bridgehead atoms. The molecule has 0 aliphatic heterocycles. The Balaban J connectivity index is 2.30. The zero-order valence-corrected chi connectivity index (χ0v) is 15.0. The molecule has 0 aliphatic rings. The lowest BCUT2D eigenvalue weighted by Crippen LogP contribution is -2.28. The zero-order chi connectivity index (χ0) is 18.6. The highest BCUT2D eigenvalue weighted by molar-refractivity contribution is 5.93. The fraction of sp³-hybridized carbons (Fsp3) is 0.333. The molecule has 7 nitrogen and oxygen atoms in total. The van der Waals surface area contributed by atoms with Crippen molar-refractivity contribution in [3.8, 4) is 17.2 Å². The van der Waals surface area contributed by atoms with Crippen molar-refractivity contribution < 1.29 is 19.0 Å². The third-order valence-corrected chi connectivity index (χ3v) is 3.89. The van der Waals surface area contributed by atoms with Crippen LogP contribution >= 0.6 is 0 Å². The van der Waals surface area contributed by atoms with Gasteiger partial charge in [-0.25, -0.2) is 0 Å². The average molecular weight is 346 g/mol. The lowest BCUT2D eigenvalue weighted by molar-refractivity contribution is 0.0783. The molecule has 1 heterocycles. The normalized spacial score (nSPS) is 10.3. The number of nitrogens with zero attached hydrogens (tertiary/aromatic N) is 2. The number of hydrogen-bond acceptors (Lipinski definition) is 5. The Morgan fingerprint density at radius 2 is 1.76 bits per heavy atom. The number of aryl methyl sites for hydroxylation is 1. The van der Waals surface area contributed by atoms with Crippen LogP contribution in [0.3, 0.4) is 0 Å². The molecule has 134 valence electrons. The number of rotatable bonds is 6. The Morgan fingerprint density at radius 3 is 2.32 bits per heavy atom. The summed E-state index contributed by atoms with van der Waals surface area (Å²) in [5, 5.41) is 0. The van der Waals surface area contributed by atoms with Crippen LogP contribution in [-0.4, -0.2) is 43.8 Å². The van der Waals surface area contributed by atoms with Crippen molar-refractivity contribution in [2.75, 3.05) is 28.4 Å². The fourth-order valence-corrected chi connectivity index (χ4v) is 2.52. The number of pyridine rings is 1. The van der Waals surface area contributed by atoms with Gasteiger partial charge in [0.15, 0.2) is 11.5 Å². The first kappa shape index (κ1) is 18.4. The van der Waals surface area contributed by atoms with E-state index >= 15 is 0 Å². The summed E-state index contributed by atoms with van der Waals surface area (Å²) in [4.78, 5) is 25.8. The Kier molecular flexibility index (Phi) is 5.69. The minimum absolute atomic E-state index is 0.233. The van der Waals surface area contributed by atoms with Gasteiger partial charge in [-0.2, -0.15) is 0 Å².